The summed E-state index contributed by atoms with van der Waals surface area (Å²) in [5.74, 6) is -3.59. The zero-order chi connectivity index (χ0) is 9.72. The molecule has 0 fully saturated rings. The molecule has 0 aromatic rings. The van der Waals surface area contributed by atoms with Gasteiger partial charge in [-0.25, -0.2) is 4.79 Å². The van der Waals surface area contributed by atoms with E-state index in [0.717, 1.165) is 6.92 Å². The first-order valence-electron chi connectivity index (χ1n) is 3.18. The highest BCUT2D eigenvalue weighted by atomic mass is 16.6. The molecule has 0 amide bonds. The van der Waals surface area contributed by atoms with Gasteiger partial charge in [0.25, 0.3) is 0 Å². The Kier molecular flexibility index (Phi) is 3.82. The molecule has 66 valence electrons. The molecule has 0 bridgehead atoms. The molecule has 0 rings (SSSR count). The lowest BCUT2D eigenvalue weighted by atomic mass is 10.2. The van der Waals surface area contributed by atoms with Gasteiger partial charge in [-0.2, -0.15) is 0 Å². The van der Waals surface area contributed by atoms with Crippen molar-refractivity contribution in [2.24, 2.45) is 0 Å². The summed E-state index contributed by atoms with van der Waals surface area (Å²) < 4.78 is 3.93. The van der Waals surface area contributed by atoms with Gasteiger partial charge in [0.15, 0.2) is 0 Å². The maximum Gasteiger partial charge on any atom is 0.382 e. The highest BCUT2D eigenvalue weighted by Crippen LogP contribution is 1.89. The van der Waals surface area contributed by atoms with Crippen molar-refractivity contribution in [3.8, 4) is 0 Å². The number of hydrogen-bond donors (Lipinski definition) is 0. The summed E-state index contributed by atoms with van der Waals surface area (Å²) in [4.78, 5) is 41.7. The van der Waals surface area contributed by atoms with Crippen LogP contribution in [-0.2, 0) is 23.9 Å². The maximum atomic E-state index is 10.6. The standard InChI is InChI=1S/C7H8O5/c1-4(8)3-6(10)7(11)12-5(2)9/h3H2,1-2H3. The molecule has 0 radical (unpaired) electrons. The zero-order valence-corrected chi connectivity index (χ0v) is 6.75. The van der Waals surface area contributed by atoms with E-state index >= 15 is 0 Å². The molecule has 5 heteroatoms. The molecule has 0 saturated carbocycles. The Balaban J connectivity index is 4.03. The highest BCUT2D eigenvalue weighted by molar-refractivity contribution is 6.38. The van der Waals surface area contributed by atoms with Gasteiger partial charge in [-0.1, -0.05) is 0 Å². The van der Waals surface area contributed by atoms with Crippen LogP contribution in [0.1, 0.15) is 20.3 Å². The Morgan fingerprint density at radius 2 is 1.58 bits per heavy atom. The fourth-order valence-electron chi connectivity index (χ4n) is 0.486. The van der Waals surface area contributed by atoms with Gasteiger partial charge in [-0.3, -0.25) is 14.4 Å². The third-order valence-electron chi connectivity index (χ3n) is 0.874. The van der Waals surface area contributed by atoms with E-state index in [2.05, 4.69) is 4.74 Å². The molecular formula is C7H8O5. The van der Waals surface area contributed by atoms with Crippen LogP contribution in [0.5, 0.6) is 0 Å². The van der Waals surface area contributed by atoms with Gasteiger partial charge in [0.05, 0.1) is 6.42 Å². The molecule has 0 spiro atoms. The van der Waals surface area contributed by atoms with E-state index in [-0.39, 0.29) is 0 Å². The quantitative estimate of drug-likeness (QED) is 0.329. The van der Waals surface area contributed by atoms with Gasteiger partial charge in [-0.15, -0.1) is 0 Å². The normalized spacial score (nSPS) is 8.83. The second-order valence-electron chi connectivity index (χ2n) is 2.18. The number of carbonyl (C=O) groups is 4. The van der Waals surface area contributed by atoms with Gasteiger partial charge in [0, 0.05) is 6.92 Å². The van der Waals surface area contributed by atoms with E-state index in [1.165, 1.54) is 6.92 Å². The molecule has 0 aliphatic heterocycles. The fraction of sp³-hybridized carbons (Fsp3) is 0.429. The summed E-state index contributed by atoms with van der Waals surface area (Å²) in [6, 6.07) is 0. The summed E-state index contributed by atoms with van der Waals surface area (Å²) >= 11 is 0. The van der Waals surface area contributed by atoms with E-state index in [9.17, 15) is 19.2 Å². The Labute approximate surface area is 68.7 Å². The van der Waals surface area contributed by atoms with Crippen LogP contribution in [0, 0.1) is 0 Å². The van der Waals surface area contributed by atoms with E-state index in [0.29, 0.717) is 0 Å². The first-order chi connectivity index (χ1) is 5.43. The Hall–Kier alpha value is -1.52. The van der Waals surface area contributed by atoms with Crippen molar-refractivity contribution in [1.82, 2.24) is 0 Å². The SMILES string of the molecule is CC(=O)CC(=O)C(=O)OC(C)=O. The number of Topliss-reactive ketones (excluding diaryl/α,β-unsaturated/α-hetero) is 2. The van der Waals surface area contributed by atoms with Crippen molar-refractivity contribution >= 4 is 23.5 Å². The minimum atomic E-state index is -1.28. The van der Waals surface area contributed by atoms with Crippen LogP contribution in [0.3, 0.4) is 0 Å². The Bertz CT molecular complexity index is 214. The van der Waals surface area contributed by atoms with E-state index < -0.39 is 29.9 Å². The maximum absolute atomic E-state index is 10.6. The lowest BCUT2D eigenvalue weighted by Gasteiger charge is -1.95. The summed E-state index contributed by atoms with van der Waals surface area (Å²) in [7, 11) is 0. The Morgan fingerprint density at radius 1 is 1.08 bits per heavy atom. The summed E-state index contributed by atoms with van der Waals surface area (Å²) in [6.45, 7) is 2.16. The molecule has 0 unspecified atom stereocenters. The minimum absolute atomic E-state index is 0.444. The van der Waals surface area contributed by atoms with Crippen LogP contribution in [0.25, 0.3) is 0 Å². The second-order valence-corrected chi connectivity index (χ2v) is 2.18. The van der Waals surface area contributed by atoms with Crippen LogP contribution in [0.2, 0.25) is 0 Å². The average Bonchev–Trinajstić information content (AvgIpc) is 1.84. The van der Waals surface area contributed by atoms with Crippen molar-refractivity contribution in [2.45, 2.75) is 20.3 Å². The number of rotatable bonds is 3. The number of ketones is 2. The topological polar surface area (TPSA) is 77.5 Å². The zero-order valence-electron chi connectivity index (χ0n) is 6.75. The summed E-state index contributed by atoms with van der Waals surface area (Å²) in [5.41, 5.74) is 0. The Morgan fingerprint density at radius 3 is 1.92 bits per heavy atom. The third kappa shape index (κ3) is 4.32. The summed E-state index contributed by atoms with van der Waals surface area (Å²) in [6.07, 6.45) is -0.522. The third-order valence-corrected chi connectivity index (χ3v) is 0.874. The molecule has 0 aromatic heterocycles. The first-order valence-corrected chi connectivity index (χ1v) is 3.18. The van der Waals surface area contributed by atoms with Crippen molar-refractivity contribution in [3.63, 3.8) is 0 Å². The van der Waals surface area contributed by atoms with Gasteiger partial charge < -0.3 is 4.74 Å². The van der Waals surface area contributed by atoms with Gasteiger partial charge in [-0.05, 0) is 6.92 Å². The lowest BCUT2D eigenvalue weighted by molar-refractivity contribution is -0.163. The largest absolute Gasteiger partial charge is 0.387 e. The molecule has 0 aliphatic carbocycles. The number of hydrogen-bond acceptors (Lipinski definition) is 5. The van der Waals surface area contributed by atoms with E-state index in [1.54, 1.807) is 0 Å². The molecule has 0 saturated heterocycles. The number of ether oxygens (including phenoxy) is 1. The predicted octanol–water partition coefficient (Wildman–Crippen LogP) is -0.376. The smallest absolute Gasteiger partial charge is 0.382 e. The van der Waals surface area contributed by atoms with Gasteiger partial charge >= 0.3 is 11.9 Å². The van der Waals surface area contributed by atoms with Crippen LogP contribution in [0.15, 0.2) is 0 Å². The molecule has 0 aliphatic rings. The van der Waals surface area contributed by atoms with Gasteiger partial charge in [0.1, 0.15) is 5.78 Å². The molecular weight excluding hydrogens is 164 g/mol. The fourth-order valence-corrected chi connectivity index (χ4v) is 0.486. The number of esters is 2. The second kappa shape index (κ2) is 4.38. The van der Waals surface area contributed by atoms with Crippen LogP contribution in [0.4, 0.5) is 0 Å². The minimum Gasteiger partial charge on any atom is -0.387 e. The van der Waals surface area contributed by atoms with Crippen molar-refractivity contribution < 1.29 is 23.9 Å². The van der Waals surface area contributed by atoms with E-state index in [1.807, 2.05) is 0 Å². The molecule has 0 atom stereocenters. The van der Waals surface area contributed by atoms with Crippen LogP contribution in [-0.4, -0.2) is 23.5 Å². The van der Waals surface area contributed by atoms with Gasteiger partial charge in [0.2, 0.25) is 5.78 Å². The highest BCUT2D eigenvalue weighted by Gasteiger charge is 2.18. The molecule has 12 heavy (non-hydrogen) atoms. The van der Waals surface area contributed by atoms with Crippen molar-refractivity contribution in [2.75, 3.05) is 0 Å². The van der Waals surface area contributed by atoms with Crippen LogP contribution >= 0.6 is 0 Å². The monoisotopic (exact) mass is 172 g/mol. The van der Waals surface area contributed by atoms with E-state index in [4.69, 9.17) is 0 Å². The molecule has 5 nitrogen and oxygen atoms in total. The molecule has 0 aromatic carbocycles. The van der Waals surface area contributed by atoms with Crippen LogP contribution < -0.4 is 0 Å². The first kappa shape index (κ1) is 10.5. The molecule has 0 N–H and O–H groups in total. The van der Waals surface area contributed by atoms with Crippen molar-refractivity contribution in [3.05, 3.63) is 0 Å². The number of carbonyl (C=O) groups excluding carboxylic acids is 4. The van der Waals surface area contributed by atoms with Crippen molar-refractivity contribution in [1.29, 1.82) is 0 Å². The summed E-state index contributed by atoms with van der Waals surface area (Å²) in [5, 5.41) is 0. The predicted molar refractivity (Wildman–Crippen MR) is 37.1 cm³/mol. The molecule has 0 heterocycles. The average molecular weight is 172 g/mol. The lowest BCUT2D eigenvalue weighted by Crippen LogP contribution is -2.21.